The van der Waals surface area contributed by atoms with Gasteiger partial charge in [-0.15, -0.1) is 0 Å². The minimum atomic E-state index is -0.373. The molecule has 72 valence electrons. The van der Waals surface area contributed by atoms with E-state index in [4.69, 9.17) is 18.9 Å². The van der Waals surface area contributed by atoms with Gasteiger partial charge in [0.25, 0.3) is 0 Å². The van der Waals surface area contributed by atoms with Crippen LogP contribution in [0.25, 0.3) is 0 Å². The van der Waals surface area contributed by atoms with Crippen molar-refractivity contribution in [1.82, 2.24) is 0 Å². The molecule has 0 saturated carbocycles. The molecule has 1 aliphatic rings. The second-order valence-electron chi connectivity index (χ2n) is 2.39. The Morgan fingerprint density at radius 2 is 1.67 bits per heavy atom. The Kier molecular flexibility index (Phi) is 4.53. The van der Waals surface area contributed by atoms with E-state index in [9.17, 15) is 0 Å². The Bertz CT molecular complexity index is 106. The SMILES string of the molecule is CCOC(OCC)C1OCCO1. The number of ether oxygens (including phenoxy) is 4. The summed E-state index contributed by atoms with van der Waals surface area (Å²) >= 11 is 0. The quantitative estimate of drug-likeness (QED) is 0.579. The summed E-state index contributed by atoms with van der Waals surface area (Å²) in [6.07, 6.45) is -0.715. The number of hydrogen-bond donors (Lipinski definition) is 0. The van der Waals surface area contributed by atoms with Crippen LogP contribution in [0.4, 0.5) is 0 Å². The van der Waals surface area contributed by atoms with Gasteiger partial charge in [0.15, 0.2) is 0 Å². The summed E-state index contributed by atoms with van der Waals surface area (Å²) < 4.78 is 21.1. The van der Waals surface area contributed by atoms with E-state index in [0.717, 1.165) is 0 Å². The highest BCUT2D eigenvalue weighted by atomic mass is 16.8. The van der Waals surface area contributed by atoms with Crippen LogP contribution in [0.15, 0.2) is 0 Å². The average Bonchev–Trinajstić information content (AvgIpc) is 2.56. The Balaban J connectivity index is 2.29. The normalized spacial score (nSPS) is 19.2. The van der Waals surface area contributed by atoms with Gasteiger partial charge in [-0.2, -0.15) is 0 Å². The van der Waals surface area contributed by atoms with E-state index in [0.29, 0.717) is 26.4 Å². The second kappa shape index (κ2) is 5.48. The lowest BCUT2D eigenvalue weighted by atomic mass is 10.6. The van der Waals surface area contributed by atoms with Crippen LogP contribution in [0.1, 0.15) is 13.8 Å². The number of hydrogen-bond acceptors (Lipinski definition) is 4. The van der Waals surface area contributed by atoms with Crippen molar-refractivity contribution in [3.8, 4) is 0 Å². The molecule has 1 aliphatic heterocycles. The minimum absolute atomic E-state index is 0.343. The van der Waals surface area contributed by atoms with Crippen molar-refractivity contribution in [1.29, 1.82) is 0 Å². The van der Waals surface area contributed by atoms with Crippen LogP contribution >= 0.6 is 0 Å². The van der Waals surface area contributed by atoms with Crippen LogP contribution in [0.2, 0.25) is 0 Å². The second-order valence-corrected chi connectivity index (χ2v) is 2.39. The van der Waals surface area contributed by atoms with Crippen molar-refractivity contribution in [2.75, 3.05) is 26.4 Å². The Labute approximate surface area is 72.7 Å². The van der Waals surface area contributed by atoms with Crippen molar-refractivity contribution in [2.24, 2.45) is 0 Å². The van der Waals surface area contributed by atoms with Gasteiger partial charge >= 0.3 is 0 Å². The number of rotatable bonds is 5. The lowest BCUT2D eigenvalue weighted by molar-refractivity contribution is -0.247. The van der Waals surface area contributed by atoms with Crippen LogP contribution < -0.4 is 0 Å². The van der Waals surface area contributed by atoms with Gasteiger partial charge in [-0.1, -0.05) is 0 Å². The van der Waals surface area contributed by atoms with Gasteiger partial charge in [0.05, 0.1) is 13.2 Å². The molecule has 0 bridgehead atoms. The highest BCUT2D eigenvalue weighted by Crippen LogP contribution is 2.12. The molecule has 12 heavy (non-hydrogen) atoms. The smallest absolute Gasteiger partial charge is 0.209 e. The van der Waals surface area contributed by atoms with Crippen molar-refractivity contribution in [2.45, 2.75) is 26.4 Å². The summed E-state index contributed by atoms with van der Waals surface area (Å²) in [5, 5.41) is 0. The molecule has 0 atom stereocenters. The Morgan fingerprint density at radius 3 is 2.08 bits per heavy atom. The molecule has 4 nitrogen and oxygen atoms in total. The lowest BCUT2D eigenvalue weighted by Gasteiger charge is -2.21. The van der Waals surface area contributed by atoms with Gasteiger partial charge in [-0.3, -0.25) is 0 Å². The molecule has 0 aromatic carbocycles. The first kappa shape index (κ1) is 9.92. The van der Waals surface area contributed by atoms with Crippen molar-refractivity contribution < 1.29 is 18.9 Å². The summed E-state index contributed by atoms with van der Waals surface area (Å²) in [6.45, 7) is 6.30. The van der Waals surface area contributed by atoms with E-state index in [1.54, 1.807) is 0 Å². The fourth-order valence-electron chi connectivity index (χ4n) is 1.07. The molecule has 0 aromatic rings. The molecule has 0 N–H and O–H groups in total. The summed E-state index contributed by atoms with van der Waals surface area (Å²) in [5.74, 6) is 0. The molecule has 0 aromatic heterocycles. The predicted octanol–water partition coefficient (Wildman–Crippen LogP) is 0.758. The fraction of sp³-hybridized carbons (Fsp3) is 1.00. The minimum Gasteiger partial charge on any atom is -0.348 e. The molecule has 0 unspecified atom stereocenters. The first-order valence-corrected chi connectivity index (χ1v) is 4.35. The van der Waals surface area contributed by atoms with Gasteiger partial charge in [0.2, 0.25) is 12.6 Å². The maximum atomic E-state index is 5.29. The van der Waals surface area contributed by atoms with Gasteiger partial charge < -0.3 is 18.9 Å². The zero-order chi connectivity index (χ0) is 8.81. The van der Waals surface area contributed by atoms with E-state index >= 15 is 0 Å². The highest BCUT2D eigenvalue weighted by Gasteiger charge is 2.27. The van der Waals surface area contributed by atoms with Crippen LogP contribution in [0, 0.1) is 0 Å². The van der Waals surface area contributed by atoms with Crippen LogP contribution in [0.3, 0.4) is 0 Å². The standard InChI is InChI=1S/C8H16O4/c1-3-9-7(10-4-2)8-11-5-6-12-8/h7-8H,3-6H2,1-2H3. The van der Waals surface area contributed by atoms with E-state index < -0.39 is 0 Å². The third kappa shape index (κ3) is 2.71. The molecular weight excluding hydrogens is 160 g/mol. The zero-order valence-corrected chi connectivity index (χ0v) is 7.62. The van der Waals surface area contributed by atoms with Crippen LogP contribution in [-0.4, -0.2) is 39.0 Å². The van der Waals surface area contributed by atoms with Crippen molar-refractivity contribution in [3.63, 3.8) is 0 Å². The third-order valence-electron chi connectivity index (χ3n) is 1.53. The summed E-state index contributed by atoms with van der Waals surface area (Å²) in [7, 11) is 0. The van der Waals surface area contributed by atoms with Gasteiger partial charge in [-0.05, 0) is 13.8 Å². The highest BCUT2D eigenvalue weighted by molar-refractivity contribution is 4.56. The Morgan fingerprint density at radius 1 is 1.17 bits per heavy atom. The maximum absolute atomic E-state index is 5.29. The predicted molar refractivity (Wildman–Crippen MR) is 42.7 cm³/mol. The molecule has 1 heterocycles. The van der Waals surface area contributed by atoms with Crippen molar-refractivity contribution in [3.05, 3.63) is 0 Å². The molecular formula is C8H16O4. The first-order chi connectivity index (χ1) is 5.88. The van der Waals surface area contributed by atoms with Crippen LogP contribution in [-0.2, 0) is 18.9 Å². The maximum Gasteiger partial charge on any atom is 0.209 e. The summed E-state index contributed by atoms with van der Waals surface area (Å²) in [4.78, 5) is 0. The van der Waals surface area contributed by atoms with Crippen molar-refractivity contribution >= 4 is 0 Å². The van der Waals surface area contributed by atoms with E-state index in [1.807, 2.05) is 13.8 Å². The van der Waals surface area contributed by atoms with Crippen LogP contribution in [0.5, 0.6) is 0 Å². The van der Waals surface area contributed by atoms with E-state index in [1.165, 1.54) is 0 Å². The molecule has 1 rings (SSSR count). The van der Waals surface area contributed by atoms with Gasteiger partial charge in [-0.25, -0.2) is 0 Å². The molecule has 0 aliphatic carbocycles. The fourth-order valence-corrected chi connectivity index (χ4v) is 1.07. The molecule has 4 heteroatoms. The third-order valence-corrected chi connectivity index (χ3v) is 1.53. The van der Waals surface area contributed by atoms with Gasteiger partial charge in [0.1, 0.15) is 0 Å². The first-order valence-electron chi connectivity index (χ1n) is 4.35. The summed E-state index contributed by atoms with van der Waals surface area (Å²) in [6, 6.07) is 0. The molecule has 0 amide bonds. The lowest BCUT2D eigenvalue weighted by Crippen LogP contribution is -2.32. The summed E-state index contributed by atoms with van der Waals surface area (Å²) in [5.41, 5.74) is 0. The largest absolute Gasteiger partial charge is 0.348 e. The van der Waals surface area contributed by atoms with E-state index in [2.05, 4.69) is 0 Å². The molecule has 1 saturated heterocycles. The topological polar surface area (TPSA) is 36.9 Å². The monoisotopic (exact) mass is 176 g/mol. The Hall–Kier alpha value is -0.160. The molecule has 1 fully saturated rings. The molecule has 0 radical (unpaired) electrons. The van der Waals surface area contributed by atoms with E-state index in [-0.39, 0.29) is 12.6 Å². The average molecular weight is 176 g/mol. The van der Waals surface area contributed by atoms with Gasteiger partial charge in [0, 0.05) is 13.2 Å². The zero-order valence-electron chi connectivity index (χ0n) is 7.62. The molecule has 0 spiro atoms.